The lowest BCUT2D eigenvalue weighted by Crippen LogP contribution is -2.26. The van der Waals surface area contributed by atoms with Crippen LogP contribution >= 0.6 is 0 Å². The van der Waals surface area contributed by atoms with Gasteiger partial charge < -0.3 is 9.26 Å². The lowest BCUT2D eigenvalue weighted by atomic mass is 10.2. The second kappa shape index (κ2) is 7.54. The minimum Gasteiger partial charge on any atom is -0.462 e. The molecule has 0 amide bonds. The van der Waals surface area contributed by atoms with E-state index in [1.54, 1.807) is 6.92 Å². The number of hydrogen-bond donors (Lipinski definition) is 0. The van der Waals surface area contributed by atoms with Gasteiger partial charge in [0.1, 0.15) is 0 Å². The number of carbonyl (C=O) groups is 1. The van der Waals surface area contributed by atoms with Crippen LogP contribution in [0.5, 0.6) is 0 Å². The van der Waals surface area contributed by atoms with E-state index in [1.807, 2.05) is 6.92 Å². The summed E-state index contributed by atoms with van der Waals surface area (Å²) in [5.41, 5.74) is 0.294. The summed E-state index contributed by atoms with van der Waals surface area (Å²) in [5, 5.41) is 3.73. The van der Waals surface area contributed by atoms with Crippen molar-refractivity contribution in [2.24, 2.45) is 0 Å². The van der Waals surface area contributed by atoms with E-state index in [-0.39, 0.29) is 23.9 Å². The summed E-state index contributed by atoms with van der Waals surface area (Å²) in [6.07, 6.45) is 0.606. The molecule has 0 saturated carbocycles. The highest BCUT2D eigenvalue weighted by molar-refractivity contribution is 7.89. The van der Waals surface area contributed by atoms with Gasteiger partial charge in [-0.3, -0.25) is 0 Å². The summed E-state index contributed by atoms with van der Waals surface area (Å²) < 4.78 is 36.1. The summed E-state index contributed by atoms with van der Waals surface area (Å²) in [6.45, 7) is 3.80. The highest BCUT2D eigenvalue weighted by atomic mass is 32.2. The molecule has 1 aromatic heterocycles. The van der Waals surface area contributed by atoms with E-state index in [0.717, 1.165) is 4.31 Å². The smallest absolute Gasteiger partial charge is 0.338 e. The molecule has 0 aliphatic rings. The van der Waals surface area contributed by atoms with Gasteiger partial charge in [-0.25, -0.2) is 13.2 Å². The first-order valence-electron chi connectivity index (χ1n) is 7.43. The predicted octanol–water partition coefficient (Wildman–Crippen LogP) is 1.63. The van der Waals surface area contributed by atoms with Gasteiger partial charge >= 0.3 is 5.97 Å². The molecular weight excluding hydrogens is 334 g/mol. The van der Waals surface area contributed by atoms with E-state index in [9.17, 15) is 13.2 Å². The Labute approximate surface area is 140 Å². The van der Waals surface area contributed by atoms with Gasteiger partial charge in [0.2, 0.25) is 15.9 Å². The summed E-state index contributed by atoms with van der Waals surface area (Å²) in [4.78, 5) is 15.8. The number of carbonyl (C=O) groups excluding carboxylic acids is 1. The monoisotopic (exact) mass is 353 g/mol. The molecule has 2 rings (SSSR count). The SMILES string of the molecule is CCOC(=O)c1ccc(S(=O)(=O)N(C)Cc2nc(CC)no2)cc1. The number of rotatable bonds is 7. The predicted molar refractivity (Wildman–Crippen MR) is 84.7 cm³/mol. The zero-order valence-corrected chi connectivity index (χ0v) is 14.5. The number of ether oxygens (including phenoxy) is 1. The van der Waals surface area contributed by atoms with Crippen LogP contribution in [0.3, 0.4) is 0 Å². The molecule has 0 atom stereocenters. The Hall–Kier alpha value is -2.26. The van der Waals surface area contributed by atoms with E-state index in [1.165, 1.54) is 31.3 Å². The minimum absolute atomic E-state index is 0.0328. The Morgan fingerprint density at radius 3 is 2.46 bits per heavy atom. The van der Waals surface area contributed by atoms with Gasteiger partial charge in [-0.15, -0.1) is 0 Å². The van der Waals surface area contributed by atoms with E-state index >= 15 is 0 Å². The van der Waals surface area contributed by atoms with Crippen LogP contribution in [0.2, 0.25) is 0 Å². The molecule has 0 radical (unpaired) electrons. The van der Waals surface area contributed by atoms with Crippen LogP contribution in [0.25, 0.3) is 0 Å². The lowest BCUT2D eigenvalue weighted by Gasteiger charge is -2.15. The Morgan fingerprint density at radius 1 is 1.25 bits per heavy atom. The zero-order valence-electron chi connectivity index (χ0n) is 13.7. The fourth-order valence-electron chi connectivity index (χ4n) is 1.93. The normalized spacial score (nSPS) is 11.7. The third-order valence-corrected chi connectivity index (χ3v) is 5.08. The molecule has 24 heavy (non-hydrogen) atoms. The summed E-state index contributed by atoms with van der Waals surface area (Å²) >= 11 is 0. The van der Waals surface area contributed by atoms with E-state index in [0.29, 0.717) is 17.8 Å². The maximum absolute atomic E-state index is 12.5. The molecule has 0 aliphatic heterocycles. The number of aryl methyl sites for hydroxylation is 1. The summed E-state index contributed by atoms with van der Waals surface area (Å²) in [7, 11) is -2.31. The third-order valence-electron chi connectivity index (χ3n) is 3.26. The van der Waals surface area contributed by atoms with Crippen molar-refractivity contribution in [2.75, 3.05) is 13.7 Å². The average Bonchev–Trinajstić information content (AvgIpc) is 3.02. The number of nitrogens with zero attached hydrogens (tertiary/aromatic N) is 3. The van der Waals surface area contributed by atoms with E-state index in [4.69, 9.17) is 9.26 Å². The molecule has 0 N–H and O–H groups in total. The second-order valence-corrected chi connectivity index (χ2v) is 7.01. The maximum Gasteiger partial charge on any atom is 0.338 e. The Bertz CT molecular complexity index is 799. The molecule has 0 unspecified atom stereocenters. The van der Waals surface area contributed by atoms with Crippen molar-refractivity contribution in [1.29, 1.82) is 0 Å². The van der Waals surface area contributed by atoms with Crippen molar-refractivity contribution in [1.82, 2.24) is 14.4 Å². The Kier molecular flexibility index (Phi) is 5.68. The van der Waals surface area contributed by atoms with E-state index < -0.39 is 16.0 Å². The van der Waals surface area contributed by atoms with Gasteiger partial charge in [0, 0.05) is 13.5 Å². The first-order valence-corrected chi connectivity index (χ1v) is 8.87. The molecule has 8 nitrogen and oxygen atoms in total. The fourth-order valence-corrected chi connectivity index (χ4v) is 3.05. The molecule has 0 aliphatic carbocycles. The van der Waals surface area contributed by atoms with Crippen LogP contribution in [-0.2, 0) is 27.7 Å². The van der Waals surface area contributed by atoms with Crippen LogP contribution in [0.1, 0.15) is 35.9 Å². The molecule has 130 valence electrons. The van der Waals surface area contributed by atoms with Crippen molar-refractivity contribution < 1.29 is 22.5 Å². The van der Waals surface area contributed by atoms with Crippen molar-refractivity contribution >= 4 is 16.0 Å². The molecule has 0 bridgehead atoms. The summed E-state index contributed by atoms with van der Waals surface area (Å²) in [5.74, 6) is 0.253. The lowest BCUT2D eigenvalue weighted by molar-refractivity contribution is 0.0526. The zero-order chi connectivity index (χ0) is 17.7. The number of hydrogen-bond acceptors (Lipinski definition) is 7. The quantitative estimate of drug-likeness (QED) is 0.697. The van der Waals surface area contributed by atoms with E-state index in [2.05, 4.69) is 10.1 Å². The van der Waals surface area contributed by atoms with Crippen LogP contribution < -0.4 is 0 Å². The molecule has 0 saturated heterocycles. The molecular formula is C15H19N3O5S. The molecule has 0 spiro atoms. The number of sulfonamides is 1. The van der Waals surface area contributed by atoms with Gasteiger partial charge in [-0.05, 0) is 31.2 Å². The van der Waals surface area contributed by atoms with Crippen molar-refractivity contribution in [3.63, 3.8) is 0 Å². The molecule has 1 heterocycles. The van der Waals surface area contributed by atoms with Gasteiger partial charge in [0.05, 0.1) is 23.6 Å². The van der Waals surface area contributed by atoms with Crippen LogP contribution in [-0.4, -0.2) is 42.5 Å². The van der Waals surface area contributed by atoms with Crippen LogP contribution in [0, 0.1) is 0 Å². The Balaban J connectivity index is 2.15. The Morgan fingerprint density at radius 2 is 1.92 bits per heavy atom. The van der Waals surface area contributed by atoms with Gasteiger partial charge in [-0.2, -0.15) is 9.29 Å². The molecule has 2 aromatic rings. The minimum atomic E-state index is -3.74. The topological polar surface area (TPSA) is 103 Å². The number of esters is 1. The highest BCUT2D eigenvalue weighted by Gasteiger charge is 2.23. The van der Waals surface area contributed by atoms with Gasteiger partial charge in [-0.1, -0.05) is 12.1 Å². The standard InChI is InChI=1S/C15H19N3O5S/c1-4-13-16-14(23-17-13)10-18(3)24(20,21)12-8-6-11(7-9-12)15(19)22-5-2/h6-9H,4-5,10H2,1-3H3. The third kappa shape index (κ3) is 3.98. The second-order valence-electron chi connectivity index (χ2n) is 4.96. The van der Waals surface area contributed by atoms with Crippen LogP contribution in [0.4, 0.5) is 0 Å². The van der Waals surface area contributed by atoms with Crippen molar-refractivity contribution in [2.45, 2.75) is 31.7 Å². The number of aromatic nitrogens is 2. The van der Waals surface area contributed by atoms with Crippen LogP contribution in [0.15, 0.2) is 33.7 Å². The number of benzene rings is 1. The first-order chi connectivity index (χ1) is 11.4. The van der Waals surface area contributed by atoms with Crippen molar-refractivity contribution in [3.05, 3.63) is 41.5 Å². The molecule has 9 heteroatoms. The van der Waals surface area contributed by atoms with Gasteiger partial charge in [0.15, 0.2) is 5.82 Å². The first kappa shape index (κ1) is 18.1. The maximum atomic E-state index is 12.5. The van der Waals surface area contributed by atoms with Crippen molar-refractivity contribution in [3.8, 4) is 0 Å². The largest absolute Gasteiger partial charge is 0.462 e. The fraction of sp³-hybridized carbons (Fsp3) is 0.400. The molecule has 0 fully saturated rings. The van der Waals surface area contributed by atoms with Gasteiger partial charge in [0.25, 0.3) is 0 Å². The molecule has 1 aromatic carbocycles. The highest BCUT2D eigenvalue weighted by Crippen LogP contribution is 2.17. The summed E-state index contributed by atoms with van der Waals surface area (Å²) in [6, 6.07) is 5.56. The average molecular weight is 353 g/mol.